The minimum atomic E-state index is -1.18. The maximum absolute atomic E-state index is 14.4. The molecule has 2 atom stereocenters. The van der Waals surface area contributed by atoms with Crippen LogP contribution >= 0.6 is 0 Å². The van der Waals surface area contributed by atoms with Crippen molar-refractivity contribution >= 4 is 16.6 Å². The molecule has 0 aliphatic carbocycles. The summed E-state index contributed by atoms with van der Waals surface area (Å²) in [6, 6.07) is 8.51. The quantitative estimate of drug-likeness (QED) is 0.318. The highest BCUT2D eigenvalue weighted by Gasteiger charge is 2.39. The van der Waals surface area contributed by atoms with Crippen LogP contribution in [0.15, 0.2) is 55.0 Å². The molecular formula is C37H57FN4. The third-order valence-electron chi connectivity index (χ3n) is 9.42. The van der Waals surface area contributed by atoms with Crippen molar-refractivity contribution in [2.24, 2.45) is 11.3 Å². The zero-order valence-electron chi connectivity index (χ0n) is 28.0. The fourth-order valence-electron chi connectivity index (χ4n) is 6.73. The summed E-state index contributed by atoms with van der Waals surface area (Å²) < 4.78 is 14.4. The molecule has 0 amide bonds. The molecule has 0 radical (unpaired) electrons. The lowest BCUT2D eigenvalue weighted by atomic mass is 9.71. The molecular weight excluding hydrogens is 519 g/mol. The van der Waals surface area contributed by atoms with E-state index in [9.17, 15) is 4.39 Å². The lowest BCUT2D eigenvalue weighted by molar-refractivity contribution is 0.106. The third-order valence-corrected chi connectivity index (χ3v) is 9.42. The molecule has 2 aliphatic rings. The second-order valence-electron chi connectivity index (χ2n) is 14.7. The van der Waals surface area contributed by atoms with Gasteiger partial charge in [-0.3, -0.25) is 4.98 Å². The summed E-state index contributed by atoms with van der Waals surface area (Å²) in [7, 11) is 2.24. The predicted molar refractivity (Wildman–Crippen MR) is 179 cm³/mol. The van der Waals surface area contributed by atoms with Gasteiger partial charge in [0.15, 0.2) is 0 Å². The Morgan fingerprint density at radius 3 is 2.38 bits per heavy atom. The van der Waals surface area contributed by atoms with Gasteiger partial charge in [-0.1, -0.05) is 67.2 Å². The van der Waals surface area contributed by atoms with E-state index < -0.39 is 5.67 Å². The van der Waals surface area contributed by atoms with E-state index >= 15 is 0 Å². The van der Waals surface area contributed by atoms with Gasteiger partial charge in [0.25, 0.3) is 0 Å². The number of nitrogens with zero attached hydrogens (tertiary/aromatic N) is 3. The SMILES string of the molecule is C=C=C(CNC(=C)c1ccnc2ccc(C(C)(C)C)cc12)N1CC(C)(F)CC1C.CCCC(C)(C)C1CCN(C)CC1. The predicted octanol–water partition coefficient (Wildman–Crippen LogP) is 8.74. The number of rotatable bonds is 8. The Balaban J connectivity index is 0.000000312. The number of likely N-dealkylation sites (tertiary alicyclic amines) is 2. The van der Waals surface area contributed by atoms with Crippen molar-refractivity contribution in [3.8, 4) is 0 Å². The molecule has 1 aromatic heterocycles. The summed E-state index contributed by atoms with van der Waals surface area (Å²) in [5.74, 6) is 0.962. The van der Waals surface area contributed by atoms with E-state index in [2.05, 4.69) is 106 Å². The highest BCUT2D eigenvalue weighted by molar-refractivity contribution is 5.91. The van der Waals surface area contributed by atoms with Crippen molar-refractivity contribution in [3.05, 3.63) is 66.2 Å². The maximum atomic E-state index is 14.4. The number of nitrogens with one attached hydrogen (secondary N) is 1. The van der Waals surface area contributed by atoms with Gasteiger partial charge in [0.05, 0.1) is 24.3 Å². The van der Waals surface area contributed by atoms with Crippen molar-refractivity contribution in [3.63, 3.8) is 0 Å². The van der Waals surface area contributed by atoms with E-state index in [0.717, 1.165) is 33.8 Å². The monoisotopic (exact) mass is 576 g/mol. The van der Waals surface area contributed by atoms with Gasteiger partial charge in [-0.15, -0.1) is 5.73 Å². The molecule has 2 fully saturated rings. The maximum Gasteiger partial charge on any atom is 0.127 e. The van der Waals surface area contributed by atoms with Gasteiger partial charge >= 0.3 is 0 Å². The van der Waals surface area contributed by atoms with Crippen LogP contribution in [0.3, 0.4) is 0 Å². The van der Waals surface area contributed by atoms with Crippen molar-refractivity contribution in [2.75, 3.05) is 33.2 Å². The molecule has 4 rings (SSSR count). The van der Waals surface area contributed by atoms with Gasteiger partial charge in [-0.25, -0.2) is 4.39 Å². The fourth-order valence-corrected chi connectivity index (χ4v) is 6.73. The molecule has 42 heavy (non-hydrogen) atoms. The van der Waals surface area contributed by atoms with Crippen LogP contribution in [-0.2, 0) is 5.41 Å². The Kier molecular flexibility index (Phi) is 11.1. The Morgan fingerprint density at radius 1 is 1.17 bits per heavy atom. The van der Waals surface area contributed by atoms with Gasteiger partial charge in [0.2, 0.25) is 0 Å². The first kappa shape index (κ1) is 33.9. The van der Waals surface area contributed by atoms with E-state index in [4.69, 9.17) is 0 Å². The molecule has 4 nitrogen and oxygen atoms in total. The number of alkyl halides is 1. The van der Waals surface area contributed by atoms with Crippen LogP contribution in [0, 0.1) is 11.3 Å². The first-order valence-corrected chi connectivity index (χ1v) is 15.9. The lowest BCUT2D eigenvalue weighted by Crippen LogP contribution is -2.36. The second-order valence-corrected chi connectivity index (χ2v) is 14.7. The first-order valence-electron chi connectivity index (χ1n) is 15.9. The molecule has 2 saturated heterocycles. The molecule has 232 valence electrons. The van der Waals surface area contributed by atoms with Gasteiger partial charge in [0, 0.05) is 35.3 Å². The third kappa shape index (κ3) is 8.71. The standard InChI is InChI=1S/C25H32FN3.C12H25N/c1-8-20(29-16-25(7,26)14-17(29)2)15-28-18(3)21-11-12-27-23-10-9-19(13-22(21)23)24(4,5)6;1-5-8-12(2,3)11-6-9-13(4)10-7-11/h9-13,17,28H,1,3,14-16H2,2,4-7H3;11H,5-10H2,1-4H3. The summed E-state index contributed by atoms with van der Waals surface area (Å²) in [6.45, 7) is 29.1. The summed E-state index contributed by atoms with van der Waals surface area (Å²) in [5.41, 5.74) is 7.36. The van der Waals surface area contributed by atoms with Crippen LogP contribution < -0.4 is 5.32 Å². The molecule has 1 N–H and O–H groups in total. The average Bonchev–Trinajstić information content (AvgIpc) is 3.20. The second kappa shape index (κ2) is 13.8. The first-order chi connectivity index (χ1) is 19.6. The van der Waals surface area contributed by atoms with E-state index in [1.807, 2.05) is 19.2 Å². The van der Waals surface area contributed by atoms with Crippen molar-refractivity contribution in [1.29, 1.82) is 0 Å². The molecule has 5 heteroatoms. The normalized spacial score (nSPS) is 22.0. The minimum Gasteiger partial charge on any atom is -0.379 e. The Bertz CT molecular complexity index is 1260. The number of aromatic nitrogens is 1. The molecule has 0 spiro atoms. The van der Waals surface area contributed by atoms with Gasteiger partial charge in [0.1, 0.15) is 5.67 Å². The number of piperidine rings is 1. The molecule has 0 saturated carbocycles. The van der Waals surface area contributed by atoms with E-state index in [0.29, 0.717) is 24.9 Å². The number of pyridine rings is 1. The van der Waals surface area contributed by atoms with Crippen LogP contribution in [0.1, 0.15) is 98.6 Å². The van der Waals surface area contributed by atoms with Crippen LogP contribution in [0.2, 0.25) is 0 Å². The van der Waals surface area contributed by atoms with Crippen LogP contribution in [0.5, 0.6) is 0 Å². The van der Waals surface area contributed by atoms with Crippen molar-refractivity contribution < 1.29 is 4.39 Å². The molecule has 2 aliphatic heterocycles. The summed E-state index contributed by atoms with van der Waals surface area (Å²) in [4.78, 5) is 9.01. The molecule has 2 aromatic rings. The molecule has 3 heterocycles. The smallest absolute Gasteiger partial charge is 0.127 e. The summed E-state index contributed by atoms with van der Waals surface area (Å²) in [6.07, 6.45) is 7.86. The highest BCUT2D eigenvalue weighted by atomic mass is 19.1. The fraction of sp³-hybridized carbons (Fsp3) is 0.622. The topological polar surface area (TPSA) is 31.4 Å². The zero-order valence-corrected chi connectivity index (χ0v) is 28.0. The summed E-state index contributed by atoms with van der Waals surface area (Å²) in [5, 5.41) is 4.48. The van der Waals surface area contributed by atoms with E-state index in [1.165, 1.54) is 44.3 Å². The average molecular weight is 577 g/mol. The Hall–Kier alpha value is -2.62. The number of halogens is 1. The largest absolute Gasteiger partial charge is 0.379 e. The van der Waals surface area contributed by atoms with Crippen molar-refractivity contribution in [2.45, 2.75) is 105 Å². The molecule has 0 bridgehead atoms. The van der Waals surface area contributed by atoms with E-state index in [1.54, 1.807) is 6.92 Å². The van der Waals surface area contributed by atoms with Crippen LogP contribution in [-0.4, -0.2) is 59.7 Å². The molecule has 1 aromatic carbocycles. The van der Waals surface area contributed by atoms with E-state index in [-0.39, 0.29) is 11.5 Å². The Labute approximate surface area is 256 Å². The van der Waals surface area contributed by atoms with Crippen molar-refractivity contribution in [1.82, 2.24) is 20.1 Å². The number of hydrogen-bond acceptors (Lipinski definition) is 4. The number of hydrogen-bond donors (Lipinski definition) is 1. The van der Waals surface area contributed by atoms with Crippen LogP contribution in [0.25, 0.3) is 16.6 Å². The van der Waals surface area contributed by atoms with Gasteiger partial charge < -0.3 is 15.1 Å². The number of benzene rings is 1. The lowest BCUT2D eigenvalue weighted by Gasteiger charge is -2.39. The molecule has 2 unspecified atom stereocenters. The van der Waals surface area contributed by atoms with Gasteiger partial charge in [-0.05, 0) is 93.8 Å². The Morgan fingerprint density at radius 2 is 1.83 bits per heavy atom. The minimum absolute atomic E-state index is 0.0553. The number of fused-ring (bicyclic) bond motifs is 1. The van der Waals surface area contributed by atoms with Gasteiger partial charge in [-0.2, -0.15) is 0 Å². The van der Waals surface area contributed by atoms with Crippen LogP contribution in [0.4, 0.5) is 4.39 Å². The highest BCUT2D eigenvalue weighted by Crippen LogP contribution is 2.38. The zero-order chi connectivity index (χ0) is 31.3. The summed E-state index contributed by atoms with van der Waals surface area (Å²) >= 11 is 0.